The van der Waals surface area contributed by atoms with Crippen LogP contribution in [0.2, 0.25) is 5.15 Å². The Morgan fingerprint density at radius 2 is 2.20 bits per heavy atom. The van der Waals surface area contributed by atoms with E-state index in [2.05, 4.69) is 24.7 Å². The molecule has 3 nitrogen and oxygen atoms in total. The SMILES string of the molecule is Fc1ccc(Br)cc1Oc1nsnc1Cl. The molecule has 0 aliphatic rings. The van der Waals surface area contributed by atoms with E-state index in [4.69, 9.17) is 16.3 Å². The smallest absolute Gasteiger partial charge is 0.271 e. The van der Waals surface area contributed by atoms with Crippen molar-refractivity contribution < 1.29 is 9.13 Å². The van der Waals surface area contributed by atoms with Crippen LogP contribution in [0.3, 0.4) is 0 Å². The van der Waals surface area contributed by atoms with Crippen molar-refractivity contribution in [2.24, 2.45) is 0 Å². The van der Waals surface area contributed by atoms with Crippen LogP contribution in [0.1, 0.15) is 0 Å². The lowest BCUT2D eigenvalue weighted by atomic mass is 10.3. The first-order valence-corrected chi connectivity index (χ1v) is 5.68. The predicted octanol–water partition coefficient (Wildman–Crippen LogP) is 3.89. The lowest BCUT2D eigenvalue weighted by Crippen LogP contribution is -1.88. The Morgan fingerprint density at radius 3 is 2.87 bits per heavy atom. The van der Waals surface area contributed by atoms with Crippen LogP contribution in [-0.2, 0) is 0 Å². The topological polar surface area (TPSA) is 35.0 Å². The number of rotatable bonds is 2. The van der Waals surface area contributed by atoms with E-state index in [0.29, 0.717) is 4.47 Å². The first-order chi connectivity index (χ1) is 7.16. The molecule has 0 fully saturated rings. The molecule has 1 aromatic carbocycles. The highest BCUT2D eigenvalue weighted by molar-refractivity contribution is 9.10. The second-order valence-corrected chi connectivity index (χ2v) is 4.34. The lowest BCUT2D eigenvalue weighted by molar-refractivity contribution is 0.431. The Labute approximate surface area is 102 Å². The summed E-state index contributed by atoms with van der Waals surface area (Å²) >= 11 is 9.77. The van der Waals surface area contributed by atoms with Crippen molar-refractivity contribution in [1.29, 1.82) is 0 Å². The minimum atomic E-state index is -0.484. The van der Waals surface area contributed by atoms with Crippen molar-refractivity contribution in [3.8, 4) is 11.6 Å². The first kappa shape index (κ1) is 10.8. The fourth-order valence-corrected chi connectivity index (χ4v) is 1.84. The summed E-state index contributed by atoms with van der Waals surface area (Å²) in [5.41, 5.74) is 0. The summed E-state index contributed by atoms with van der Waals surface area (Å²) in [5.74, 6) is -0.320. The summed E-state index contributed by atoms with van der Waals surface area (Å²) in [6.07, 6.45) is 0. The summed E-state index contributed by atoms with van der Waals surface area (Å²) in [6, 6.07) is 4.35. The van der Waals surface area contributed by atoms with Gasteiger partial charge in [-0.05, 0) is 18.2 Å². The molecule has 0 atom stereocenters. The Kier molecular flexibility index (Phi) is 3.18. The predicted molar refractivity (Wildman–Crippen MR) is 59.1 cm³/mol. The largest absolute Gasteiger partial charge is 0.433 e. The van der Waals surface area contributed by atoms with Crippen LogP contribution in [0.15, 0.2) is 22.7 Å². The zero-order valence-electron chi connectivity index (χ0n) is 7.08. The van der Waals surface area contributed by atoms with E-state index in [1.807, 2.05) is 0 Å². The van der Waals surface area contributed by atoms with E-state index in [-0.39, 0.29) is 16.8 Å². The number of halogens is 3. The third-order valence-electron chi connectivity index (χ3n) is 1.52. The molecule has 2 rings (SSSR count). The van der Waals surface area contributed by atoms with Crippen LogP contribution in [0.25, 0.3) is 0 Å². The van der Waals surface area contributed by atoms with Gasteiger partial charge in [-0.25, -0.2) is 4.39 Å². The molecule has 7 heteroatoms. The van der Waals surface area contributed by atoms with Gasteiger partial charge in [0.2, 0.25) is 5.15 Å². The normalized spacial score (nSPS) is 10.3. The van der Waals surface area contributed by atoms with Gasteiger partial charge in [0, 0.05) is 4.47 Å². The summed E-state index contributed by atoms with van der Waals surface area (Å²) in [5, 5.41) is 0.124. The third-order valence-corrected chi connectivity index (χ3v) is 2.87. The minimum Gasteiger partial charge on any atom is -0.433 e. The second-order valence-electron chi connectivity index (χ2n) is 2.54. The minimum absolute atomic E-state index is 0.0546. The van der Waals surface area contributed by atoms with E-state index >= 15 is 0 Å². The zero-order valence-corrected chi connectivity index (χ0v) is 10.2. The Hall–Kier alpha value is -0.720. The summed E-state index contributed by atoms with van der Waals surface area (Å²) in [6.45, 7) is 0. The summed E-state index contributed by atoms with van der Waals surface area (Å²) in [4.78, 5) is 0. The molecule has 0 saturated heterocycles. The number of ether oxygens (including phenoxy) is 1. The van der Waals surface area contributed by atoms with Gasteiger partial charge in [-0.2, -0.15) is 4.37 Å². The average molecular weight is 310 g/mol. The third kappa shape index (κ3) is 2.45. The number of aromatic nitrogens is 2. The summed E-state index contributed by atoms with van der Waals surface area (Å²) < 4.78 is 26.6. The van der Waals surface area contributed by atoms with Gasteiger partial charge >= 0.3 is 0 Å². The molecular weight excluding hydrogens is 307 g/mol. The molecule has 15 heavy (non-hydrogen) atoms. The van der Waals surface area contributed by atoms with Crippen LogP contribution in [0.4, 0.5) is 4.39 Å². The van der Waals surface area contributed by atoms with Crippen molar-refractivity contribution in [3.05, 3.63) is 33.6 Å². The highest BCUT2D eigenvalue weighted by Gasteiger charge is 2.11. The van der Waals surface area contributed by atoms with Crippen molar-refractivity contribution in [2.75, 3.05) is 0 Å². The molecule has 0 bridgehead atoms. The van der Waals surface area contributed by atoms with Gasteiger partial charge < -0.3 is 4.74 Å². The standard InChI is InChI=1S/C8H3BrClFN2OS/c9-4-1-2-5(11)6(3-4)14-8-7(10)12-15-13-8/h1-3H. The fourth-order valence-electron chi connectivity index (χ4n) is 0.890. The molecule has 78 valence electrons. The molecule has 0 amide bonds. The van der Waals surface area contributed by atoms with Gasteiger partial charge in [0.1, 0.15) is 0 Å². The quantitative estimate of drug-likeness (QED) is 0.844. The maximum absolute atomic E-state index is 13.3. The van der Waals surface area contributed by atoms with E-state index < -0.39 is 5.82 Å². The molecule has 0 saturated carbocycles. The number of hydrogen-bond acceptors (Lipinski definition) is 4. The number of benzene rings is 1. The first-order valence-electron chi connectivity index (χ1n) is 3.78. The van der Waals surface area contributed by atoms with E-state index in [9.17, 15) is 4.39 Å². The van der Waals surface area contributed by atoms with Crippen molar-refractivity contribution in [3.63, 3.8) is 0 Å². The summed E-state index contributed by atoms with van der Waals surface area (Å²) in [7, 11) is 0. The number of nitrogens with zero attached hydrogens (tertiary/aromatic N) is 2. The zero-order chi connectivity index (χ0) is 10.8. The molecule has 0 radical (unpaired) electrons. The molecule has 0 aliphatic carbocycles. The van der Waals surface area contributed by atoms with Gasteiger partial charge in [-0.1, -0.05) is 27.5 Å². The number of hydrogen-bond donors (Lipinski definition) is 0. The van der Waals surface area contributed by atoms with Gasteiger partial charge in [-0.15, -0.1) is 4.37 Å². The Morgan fingerprint density at radius 1 is 1.40 bits per heavy atom. The van der Waals surface area contributed by atoms with E-state index in [1.54, 1.807) is 6.07 Å². The monoisotopic (exact) mass is 308 g/mol. The van der Waals surface area contributed by atoms with Crippen LogP contribution < -0.4 is 4.74 Å². The van der Waals surface area contributed by atoms with Crippen LogP contribution >= 0.6 is 39.3 Å². The van der Waals surface area contributed by atoms with Crippen LogP contribution in [0, 0.1) is 5.82 Å². The van der Waals surface area contributed by atoms with E-state index in [1.165, 1.54) is 12.1 Å². The van der Waals surface area contributed by atoms with Crippen LogP contribution in [0.5, 0.6) is 11.6 Å². The molecule has 1 aromatic heterocycles. The Bertz CT molecular complexity index is 493. The molecule has 0 aliphatic heterocycles. The van der Waals surface area contributed by atoms with Crippen LogP contribution in [-0.4, -0.2) is 8.75 Å². The van der Waals surface area contributed by atoms with Gasteiger partial charge in [0.05, 0.1) is 11.7 Å². The molecule has 0 N–H and O–H groups in total. The maximum Gasteiger partial charge on any atom is 0.271 e. The average Bonchev–Trinajstić information content (AvgIpc) is 2.58. The van der Waals surface area contributed by atoms with Gasteiger partial charge in [-0.3, -0.25) is 0 Å². The van der Waals surface area contributed by atoms with Crippen molar-refractivity contribution >= 4 is 39.3 Å². The van der Waals surface area contributed by atoms with Gasteiger partial charge in [0.25, 0.3) is 5.88 Å². The molecule has 0 spiro atoms. The molecule has 1 heterocycles. The lowest BCUT2D eigenvalue weighted by Gasteiger charge is -2.03. The fraction of sp³-hybridized carbons (Fsp3) is 0. The molecule has 2 aromatic rings. The van der Waals surface area contributed by atoms with Crippen molar-refractivity contribution in [1.82, 2.24) is 8.75 Å². The maximum atomic E-state index is 13.3. The van der Waals surface area contributed by atoms with Gasteiger partial charge in [0.15, 0.2) is 11.6 Å². The Balaban J connectivity index is 2.32. The van der Waals surface area contributed by atoms with Crippen molar-refractivity contribution in [2.45, 2.75) is 0 Å². The highest BCUT2D eigenvalue weighted by Crippen LogP contribution is 2.30. The van der Waals surface area contributed by atoms with E-state index in [0.717, 1.165) is 11.7 Å². The second kappa shape index (κ2) is 4.42. The molecule has 0 unspecified atom stereocenters. The highest BCUT2D eigenvalue weighted by atomic mass is 79.9. The molecular formula is C8H3BrClFN2OS.